The van der Waals surface area contributed by atoms with Crippen molar-refractivity contribution < 1.29 is 13.6 Å². The van der Waals surface area contributed by atoms with E-state index in [0.29, 0.717) is 16.5 Å². The van der Waals surface area contributed by atoms with Crippen molar-refractivity contribution in [1.82, 2.24) is 0 Å². The van der Waals surface area contributed by atoms with Crippen molar-refractivity contribution in [2.75, 3.05) is 5.73 Å². The van der Waals surface area contributed by atoms with Crippen molar-refractivity contribution >= 4 is 22.6 Å². The molecule has 0 aliphatic heterocycles. The fraction of sp³-hybridized carbons (Fsp3) is 0. The Labute approximate surface area is 113 Å². The van der Waals surface area contributed by atoms with Crippen LogP contribution in [-0.2, 0) is 0 Å². The van der Waals surface area contributed by atoms with Crippen LogP contribution in [0.15, 0.2) is 46.9 Å². The number of halogens is 1. The highest BCUT2D eigenvalue weighted by atomic mass is 19.1. The number of primary amides is 1. The van der Waals surface area contributed by atoms with Gasteiger partial charge in [-0.25, -0.2) is 4.39 Å². The minimum absolute atomic E-state index is 0.0589. The van der Waals surface area contributed by atoms with Crippen molar-refractivity contribution in [3.8, 4) is 11.1 Å². The van der Waals surface area contributed by atoms with Gasteiger partial charge in [0.15, 0.2) is 0 Å². The van der Waals surface area contributed by atoms with E-state index in [9.17, 15) is 9.18 Å². The van der Waals surface area contributed by atoms with Crippen molar-refractivity contribution in [3.05, 3.63) is 54.0 Å². The molecule has 3 aromatic rings. The van der Waals surface area contributed by atoms with E-state index in [1.54, 1.807) is 30.3 Å². The number of hydrogen-bond acceptors (Lipinski definition) is 3. The molecule has 0 bridgehead atoms. The summed E-state index contributed by atoms with van der Waals surface area (Å²) in [5, 5.41) is 0.610. The normalized spacial score (nSPS) is 10.8. The molecule has 4 N–H and O–H groups in total. The number of carbonyl (C=O) groups excluding carboxylic acids is 1. The first-order chi connectivity index (χ1) is 9.56. The van der Waals surface area contributed by atoms with E-state index in [4.69, 9.17) is 15.9 Å². The Morgan fingerprint density at radius 3 is 2.55 bits per heavy atom. The van der Waals surface area contributed by atoms with Crippen LogP contribution in [-0.4, -0.2) is 5.91 Å². The first-order valence-corrected chi connectivity index (χ1v) is 5.94. The van der Waals surface area contributed by atoms with Gasteiger partial charge in [0.25, 0.3) is 5.91 Å². The molecule has 0 fully saturated rings. The van der Waals surface area contributed by atoms with E-state index in [1.807, 2.05) is 0 Å². The average Bonchev–Trinajstić information content (AvgIpc) is 2.76. The number of fused-ring (bicyclic) bond motifs is 1. The second-order valence-corrected chi connectivity index (χ2v) is 4.43. The summed E-state index contributed by atoms with van der Waals surface area (Å²) in [6, 6.07) is 11.4. The molecule has 20 heavy (non-hydrogen) atoms. The van der Waals surface area contributed by atoms with Crippen LogP contribution in [0.25, 0.3) is 22.1 Å². The molecule has 0 radical (unpaired) electrons. The third-order valence-electron chi connectivity index (χ3n) is 3.11. The maximum absolute atomic E-state index is 13.2. The number of nitrogen functional groups attached to an aromatic ring is 1. The molecule has 1 heterocycles. The molecule has 0 unspecified atom stereocenters. The van der Waals surface area contributed by atoms with Gasteiger partial charge in [0.05, 0.1) is 5.69 Å². The lowest BCUT2D eigenvalue weighted by Crippen LogP contribution is -2.11. The summed E-state index contributed by atoms with van der Waals surface area (Å²) in [5.74, 6) is -1.10. The predicted molar refractivity (Wildman–Crippen MR) is 74.5 cm³/mol. The van der Waals surface area contributed by atoms with Gasteiger partial charge < -0.3 is 15.9 Å². The van der Waals surface area contributed by atoms with E-state index in [1.165, 1.54) is 12.1 Å². The monoisotopic (exact) mass is 270 g/mol. The number of hydrogen-bond donors (Lipinski definition) is 2. The molecule has 0 saturated heterocycles. The average molecular weight is 270 g/mol. The highest BCUT2D eigenvalue weighted by molar-refractivity contribution is 6.05. The Morgan fingerprint density at radius 1 is 1.10 bits per heavy atom. The van der Waals surface area contributed by atoms with Crippen molar-refractivity contribution in [3.63, 3.8) is 0 Å². The van der Waals surface area contributed by atoms with Crippen LogP contribution < -0.4 is 11.5 Å². The summed E-state index contributed by atoms with van der Waals surface area (Å²) in [6.07, 6.45) is 0. The molecule has 1 amide bonds. The lowest BCUT2D eigenvalue weighted by atomic mass is 10.0. The second kappa shape index (κ2) is 4.38. The van der Waals surface area contributed by atoms with Crippen molar-refractivity contribution in [2.45, 2.75) is 0 Å². The fourth-order valence-electron chi connectivity index (χ4n) is 2.15. The molecule has 100 valence electrons. The molecule has 0 aliphatic carbocycles. The third-order valence-corrected chi connectivity index (χ3v) is 3.11. The predicted octanol–water partition coefficient (Wildman–Crippen LogP) is 2.92. The summed E-state index contributed by atoms with van der Waals surface area (Å²) >= 11 is 0. The summed E-state index contributed by atoms with van der Waals surface area (Å²) in [4.78, 5) is 11.2. The zero-order valence-electron chi connectivity index (χ0n) is 10.4. The lowest BCUT2D eigenvalue weighted by Gasteiger charge is -2.01. The first kappa shape index (κ1) is 12.2. The highest BCUT2D eigenvalue weighted by Gasteiger charge is 2.16. The van der Waals surface area contributed by atoms with Crippen molar-refractivity contribution in [1.29, 1.82) is 0 Å². The topological polar surface area (TPSA) is 82.2 Å². The Morgan fingerprint density at radius 2 is 1.85 bits per heavy atom. The number of amides is 1. The molecular weight excluding hydrogens is 259 g/mol. The van der Waals surface area contributed by atoms with Gasteiger partial charge in [-0.1, -0.05) is 18.2 Å². The van der Waals surface area contributed by atoms with Crippen LogP contribution in [0.4, 0.5) is 10.1 Å². The van der Waals surface area contributed by atoms with E-state index < -0.39 is 5.91 Å². The van der Waals surface area contributed by atoms with Gasteiger partial charge in [-0.2, -0.15) is 0 Å². The minimum atomic E-state index is -0.717. The summed E-state index contributed by atoms with van der Waals surface area (Å²) in [6.45, 7) is 0. The second-order valence-electron chi connectivity index (χ2n) is 4.43. The lowest BCUT2D eigenvalue weighted by molar-refractivity contribution is 0.0977. The molecule has 1 aromatic heterocycles. The first-order valence-electron chi connectivity index (χ1n) is 5.94. The van der Waals surface area contributed by atoms with Gasteiger partial charge in [-0.15, -0.1) is 0 Å². The highest BCUT2D eigenvalue weighted by Crippen LogP contribution is 2.32. The van der Waals surface area contributed by atoms with E-state index >= 15 is 0 Å². The van der Waals surface area contributed by atoms with E-state index in [0.717, 1.165) is 5.56 Å². The summed E-state index contributed by atoms with van der Waals surface area (Å²) in [5.41, 5.74) is 13.1. The Bertz CT molecular complexity index is 824. The standard InChI is InChI=1S/C15H11FN2O2/c16-10-3-1-2-8(6-10)9-4-5-11-12(7-9)20-14(13(11)17)15(18)19/h1-7H,17H2,(H2,18,19). The molecule has 0 aliphatic rings. The van der Waals surface area contributed by atoms with E-state index in [2.05, 4.69) is 0 Å². The molecule has 3 rings (SSSR count). The Kier molecular flexibility index (Phi) is 2.68. The van der Waals surface area contributed by atoms with Gasteiger partial charge in [-0.3, -0.25) is 4.79 Å². The number of furan rings is 1. The van der Waals surface area contributed by atoms with Crippen LogP contribution >= 0.6 is 0 Å². The molecule has 0 atom stereocenters. The van der Waals surface area contributed by atoms with Crippen LogP contribution in [0, 0.1) is 5.82 Å². The van der Waals surface area contributed by atoms with Crippen LogP contribution in [0.2, 0.25) is 0 Å². The zero-order valence-corrected chi connectivity index (χ0v) is 10.4. The smallest absolute Gasteiger partial charge is 0.286 e. The third kappa shape index (κ3) is 1.89. The van der Waals surface area contributed by atoms with Crippen LogP contribution in [0.5, 0.6) is 0 Å². The largest absolute Gasteiger partial charge is 0.449 e. The minimum Gasteiger partial charge on any atom is -0.449 e. The SMILES string of the molecule is NC(=O)c1oc2cc(-c3cccc(F)c3)ccc2c1N. The van der Waals surface area contributed by atoms with Crippen molar-refractivity contribution in [2.24, 2.45) is 5.73 Å². The molecule has 0 spiro atoms. The maximum atomic E-state index is 13.2. The number of benzene rings is 2. The Hall–Kier alpha value is -2.82. The van der Waals surface area contributed by atoms with Crippen LogP contribution in [0.1, 0.15) is 10.6 Å². The number of anilines is 1. The Balaban J connectivity index is 2.18. The summed E-state index contributed by atoms with van der Waals surface area (Å²) in [7, 11) is 0. The fourth-order valence-corrected chi connectivity index (χ4v) is 2.15. The number of rotatable bonds is 2. The van der Waals surface area contributed by atoms with Gasteiger partial charge in [0, 0.05) is 5.39 Å². The maximum Gasteiger partial charge on any atom is 0.286 e. The number of carbonyl (C=O) groups is 1. The van der Waals surface area contributed by atoms with Gasteiger partial charge in [-0.05, 0) is 35.4 Å². The van der Waals surface area contributed by atoms with E-state index in [-0.39, 0.29) is 17.3 Å². The van der Waals surface area contributed by atoms with Gasteiger partial charge >= 0.3 is 0 Å². The van der Waals surface area contributed by atoms with Gasteiger partial charge in [0.1, 0.15) is 11.4 Å². The van der Waals surface area contributed by atoms with Crippen LogP contribution in [0.3, 0.4) is 0 Å². The zero-order chi connectivity index (χ0) is 14.3. The molecule has 2 aromatic carbocycles. The molecule has 5 heteroatoms. The quantitative estimate of drug-likeness (QED) is 0.751. The molecule has 4 nitrogen and oxygen atoms in total. The molecular formula is C15H11FN2O2. The number of nitrogens with two attached hydrogens (primary N) is 2. The summed E-state index contributed by atoms with van der Waals surface area (Å²) < 4.78 is 18.6. The van der Waals surface area contributed by atoms with Gasteiger partial charge in [0.2, 0.25) is 5.76 Å². The molecule has 0 saturated carbocycles.